The van der Waals surface area contributed by atoms with E-state index in [0.717, 1.165) is 89.3 Å². The molecule has 0 bridgehead atoms. The highest BCUT2D eigenvalue weighted by Crippen LogP contribution is 2.30. The number of halogens is 1. The lowest BCUT2D eigenvalue weighted by Gasteiger charge is -2.36. The van der Waals surface area contributed by atoms with Crippen molar-refractivity contribution in [3.05, 3.63) is 91.4 Å². The SMILES string of the molecule is C#C.COc1ccc(-c2n[nH]c3cc4cncnc4cc23)cc1.O=C(CN1CCCC1)N1CCN(c2ccc(-c3ncc(F)cn3)cc2)CC1. The smallest absolute Gasteiger partial charge is 0.236 e. The second-order valence-electron chi connectivity index (χ2n) is 11.9. The molecule has 6 aromatic rings. The molecule has 5 heterocycles. The Labute approximate surface area is 290 Å². The highest BCUT2D eigenvalue weighted by molar-refractivity contribution is 6.01. The number of rotatable bonds is 6. The van der Waals surface area contributed by atoms with Crippen molar-refractivity contribution in [3.8, 4) is 41.2 Å². The Balaban J connectivity index is 0.000000169. The van der Waals surface area contributed by atoms with Gasteiger partial charge in [0.05, 0.1) is 42.8 Å². The van der Waals surface area contributed by atoms with E-state index in [1.54, 1.807) is 19.6 Å². The first-order valence-corrected chi connectivity index (χ1v) is 16.4. The van der Waals surface area contributed by atoms with E-state index >= 15 is 0 Å². The molecule has 254 valence electrons. The number of ether oxygens (including phenoxy) is 1. The third-order valence-electron chi connectivity index (χ3n) is 8.85. The van der Waals surface area contributed by atoms with E-state index in [0.29, 0.717) is 12.4 Å². The Morgan fingerprint density at radius 2 is 1.54 bits per heavy atom. The summed E-state index contributed by atoms with van der Waals surface area (Å²) < 4.78 is 18.1. The maximum atomic E-state index is 12.9. The Bertz CT molecular complexity index is 2030. The lowest BCUT2D eigenvalue weighted by Crippen LogP contribution is -2.51. The molecule has 2 aliphatic rings. The fraction of sp³-hybridized carbons (Fsp3) is 0.263. The van der Waals surface area contributed by atoms with Crippen molar-refractivity contribution in [2.75, 3.05) is 57.8 Å². The summed E-state index contributed by atoms with van der Waals surface area (Å²) in [5.41, 5.74) is 5.81. The lowest BCUT2D eigenvalue weighted by atomic mass is 10.1. The molecule has 50 heavy (non-hydrogen) atoms. The van der Waals surface area contributed by atoms with Gasteiger partial charge < -0.3 is 14.5 Å². The second kappa shape index (κ2) is 16.0. The van der Waals surface area contributed by atoms with E-state index in [2.05, 4.69) is 52.8 Å². The molecular weight excluding hydrogens is 633 g/mol. The van der Waals surface area contributed by atoms with Crippen molar-refractivity contribution in [2.24, 2.45) is 0 Å². The molecule has 8 rings (SSSR count). The summed E-state index contributed by atoms with van der Waals surface area (Å²) in [6.45, 7) is 5.85. The number of fused-ring (bicyclic) bond motifs is 2. The van der Waals surface area contributed by atoms with Gasteiger partial charge >= 0.3 is 0 Å². The first-order chi connectivity index (χ1) is 24.5. The topological polar surface area (TPSA) is 116 Å². The van der Waals surface area contributed by atoms with Gasteiger partial charge in [-0.15, -0.1) is 12.8 Å². The Morgan fingerprint density at radius 3 is 2.22 bits per heavy atom. The van der Waals surface area contributed by atoms with Crippen molar-refractivity contribution >= 4 is 33.4 Å². The van der Waals surface area contributed by atoms with Crippen LogP contribution in [0.5, 0.6) is 5.75 Å². The molecule has 12 heteroatoms. The van der Waals surface area contributed by atoms with Gasteiger partial charge in [0.1, 0.15) is 12.1 Å². The van der Waals surface area contributed by atoms with Gasteiger partial charge in [-0.2, -0.15) is 5.10 Å². The number of carbonyl (C=O) groups excluding carboxylic acids is 1. The van der Waals surface area contributed by atoms with Gasteiger partial charge in [-0.1, -0.05) is 0 Å². The molecule has 0 atom stereocenters. The summed E-state index contributed by atoms with van der Waals surface area (Å²) in [7, 11) is 1.66. The van der Waals surface area contributed by atoms with Crippen LogP contribution in [-0.2, 0) is 4.79 Å². The minimum absolute atomic E-state index is 0.250. The quantitative estimate of drug-likeness (QED) is 0.231. The van der Waals surface area contributed by atoms with Gasteiger partial charge in [0, 0.05) is 60.0 Å². The first kappa shape index (κ1) is 34.0. The molecule has 0 unspecified atom stereocenters. The van der Waals surface area contributed by atoms with Crippen molar-refractivity contribution in [3.63, 3.8) is 0 Å². The van der Waals surface area contributed by atoms with Crippen molar-refractivity contribution < 1.29 is 13.9 Å². The van der Waals surface area contributed by atoms with Gasteiger partial charge in [0.2, 0.25) is 5.91 Å². The van der Waals surface area contributed by atoms with Crippen molar-refractivity contribution in [2.45, 2.75) is 12.8 Å². The van der Waals surface area contributed by atoms with Crippen LogP contribution in [0, 0.1) is 18.7 Å². The van der Waals surface area contributed by atoms with E-state index in [1.807, 2.05) is 65.6 Å². The minimum Gasteiger partial charge on any atom is -0.497 e. The highest BCUT2D eigenvalue weighted by atomic mass is 19.1. The summed E-state index contributed by atoms with van der Waals surface area (Å²) in [5, 5.41) is 9.54. The number of H-pyrrole nitrogens is 1. The second-order valence-corrected chi connectivity index (χ2v) is 11.9. The molecule has 2 fully saturated rings. The summed E-state index contributed by atoms with van der Waals surface area (Å²) >= 11 is 0. The van der Waals surface area contributed by atoms with Gasteiger partial charge in [0.25, 0.3) is 0 Å². The van der Waals surface area contributed by atoms with E-state index in [4.69, 9.17) is 4.74 Å². The summed E-state index contributed by atoms with van der Waals surface area (Å²) in [6, 6.07) is 19.9. The molecule has 1 amide bonds. The van der Waals surface area contributed by atoms with E-state index in [9.17, 15) is 9.18 Å². The molecule has 0 spiro atoms. The van der Waals surface area contributed by atoms with Crippen LogP contribution in [0.4, 0.5) is 10.1 Å². The molecule has 0 saturated carbocycles. The zero-order valence-electron chi connectivity index (χ0n) is 27.9. The summed E-state index contributed by atoms with van der Waals surface area (Å²) in [4.78, 5) is 35.3. The first-order valence-electron chi connectivity index (χ1n) is 16.4. The van der Waals surface area contributed by atoms with Crippen molar-refractivity contribution in [1.29, 1.82) is 0 Å². The predicted octanol–water partition coefficient (Wildman–Crippen LogP) is 5.46. The molecular formula is C38H38FN9O2. The van der Waals surface area contributed by atoms with Crippen LogP contribution in [0.3, 0.4) is 0 Å². The van der Waals surface area contributed by atoms with Gasteiger partial charge in [-0.3, -0.25) is 14.8 Å². The van der Waals surface area contributed by atoms with Crippen LogP contribution in [0.25, 0.3) is 44.5 Å². The number of hydrogen-bond donors (Lipinski definition) is 1. The predicted molar refractivity (Wildman–Crippen MR) is 193 cm³/mol. The number of anilines is 1. The molecule has 0 aliphatic carbocycles. The largest absolute Gasteiger partial charge is 0.497 e. The fourth-order valence-corrected chi connectivity index (χ4v) is 6.19. The third kappa shape index (κ3) is 7.85. The fourth-order valence-electron chi connectivity index (χ4n) is 6.19. The number of terminal acetylenes is 1. The molecule has 1 N–H and O–H groups in total. The third-order valence-corrected chi connectivity index (χ3v) is 8.85. The molecule has 3 aromatic heterocycles. The van der Waals surface area contributed by atoms with E-state index in [1.165, 1.54) is 25.2 Å². The highest BCUT2D eigenvalue weighted by Gasteiger charge is 2.24. The number of benzene rings is 3. The number of aromatic nitrogens is 6. The lowest BCUT2D eigenvalue weighted by molar-refractivity contribution is -0.132. The molecule has 11 nitrogen and oxygen atoms in total. The minimum atomic E-state index is -0.437. The zero-order chi connectivity index (χ0) is 34.9. The maximum Gasteiger partial charge on any atom is 0.236 e. The van der Waals surface area contributed by atoms with Crippen LogP contribution in [0.1, 0.15) is 12.8 Å². The van der Waals surface area contributed by atoms with Crippen LogP contribution in [0.15, 0.2) is 85.6 Å². The number of likely N-dealkylation sites (tertiary alicyclic amines) is 1. The zero-order valence-corrected chi connectivity index (χ0v) is 27.9. The number of nitrogens with one attached hydrogen (secondary N) is 1. The van der Waals surface area contributed by atoms with Crippen LogP contribution in [0.2, 0.25) is 0 Å². The van der Waals surface area contributed by atoms with Gasteiger partial charge in [-0.05, 0) is 86.6 Å². The Kier molecular flexibility index (Phi) is 10.9. The number of nitrogens with zero attached hydrogens (tertiary/aromatic N) is 8. The van der Waals surface area contributed by atoms with E-state index in [-0.39, 0.29) is 5.91 Å². The average molecular weight is 672 g/mol. The Morgan fingerprint density at radius 1 is 0.860 bits per heavy atom. The van der Waals surface area contributed by atoms with Crippen LogP contribution < -0.4 is 9.64 Å². The molecule has 3 aromatic carbocycles. The van der Waals surface area contributed by atoms with Crippen molar-refractivity contribution in [1.82, 2.24) is 39.9 Å². The normalized spacial score (nSPS) is 14.5. The average Bonchev–Trinajstić information content (AvgIpc) is 3.85. The number of carbonyl (C=O) groups is 1. The Hall–Kier alpha value is -5.93. The number of aromatic amines is 1. The van der Waals surface area contributed by atoms with E-state index < -0.39 is 5.82 Å². The monoisotopic (exact) mass is 671 g/mol. The number of piperazine rings is 1. The van der Waals surface area contributed by atoms with Crippen LogP contribution >= 0.6 is 0 Å². The van der Waals surface area contributed by atoms with Crippen LogP contribution in [-0.4, -0.2) is 98.8 Å². The number of methoxy groups -OCH3 is 1. The number of amides is 1. The molecule has 2 saturated heterocycles. The molecule has 0 radical (unpaired) electrons. The number of hydrogen-bond acceptors (Lipinski definition) is 9. The van der Waals surface area contributed by atoms with Gasteiger partial charge in [0.15, 0.2) is 11.6 Å². The summed E-state index contributed by atoms with van der Waals surface area (Å²) in [5.74, 6) is 1.16. The molecule has 2 aliphatic heterocycles. The maximum absolute atomic E-state index is 12.9. The van der Waals surface area contributed by atoms with Gasteiger partial charge in [-0.25, -0.2) is 24.3 Å². The standard InChI is InChI=1S/C20H24FN5O.C16H12N4O.C2H2/c21-17-13-22-20(23-14-17)16-3-5-18(6-4-16)25-9-11-26(12-10-25)19(27)15-24-7-1-2-8-24;1-21-12-4-2-10(3-5-12)16-13-7-14-11(8-17-9-18-14)6-15(13)19-20-16;1-2/h3-6,13-14H,1-2,7-12,15H2;2-9H,1H3,(H,19,20);1-2H. The summed E-state index contributed by atoms with van der Waals surface area (Å²) in [6.07, 6.45) is 16.1.